The number of ether oxygens (including phenoxy) is 2. The molecule has 3 heteroatoms. The fourth-order valence-corrected chi connectivity index (χ4v) is 4.04. The lowest BCUT2D eigenvalue weighted by Gasteiger charge is -2.60. The molecule has 0 aromatic rings. The van der Waals surface area contributed by atoms with Gasteiger partial charge < -0.3 is 9.47 Å². The van der Waals surface area contributed by atoms with Crippen molar-refractivity contribution >= 4 is 5.97 Å². The van der Waals surface area contributed by atoms with E-state index in [0.717, 1.165) is 30.8 Å². The summed E-state index contributed by atoms with van der Waals surface area (Å²) < 4.78 is 10.6. The van der Waals surface area contributed by atoms with Gasteiger partial charge in [0.2, 0.25) is 0 Å². The zero-order valence-corrected chi connectivity index (χ0v) is 12.9. The summed E-state index contributed by atoms with van der Waals surface area (Å²) in [5.74, 6) is 2.39. The third-order valence-electron chi connectivity index (χ3n) is 5.48. The van der Waals surface area contributed by atoms with Crippen LogP contribution < -0.4 is 0 Å². The molecule has 0 aromatic heterocycles. The van der Waals surface area contributed by atoms with E-state index in [9.17, 15) is 4.79 Å². The lowest BCUT2D eigenvalue weighted by atomic mass is 9.45. The molecule has 3 rings (SSSR count). The SMILES string of the molecule is C=CC(=O)OCCCOCCC1CCC2CC1C2(C)C. The Labute approximate surface area is 122 Å². The summed E-state index contributed by atoms with van der Waals surface area (Å²) >= 11 is 0. The van der Waals surface area contributed by atoms with Gasteiger partial charge in [0, 0.05) is 25.7 Å². The molecule has 0 N–H and O–H groups in total. The van der Waals surface area contributed by atoms with Gasteiger partial charge in [0.05, 0.1) is 6.61 Å². The minimum Gasteiger partial charge on any atom is -0.462 e. The average molecular weight is 280 g/mol. The summed E-state index contributed by atoms with van der Waals surface area (Å²) in [6.07, 6.45) is 7.38. The molecule has 0 aromatic carbocycles. The number of esters is 1. The van der Waals surface area contributed by atoms with Crippen LogP contribution in [0.25, 0.3) is 0 Å². The normalized spacial score (nSPS) is 30.4. The zero-order chi connectivity index (χ0) is 14.6. The maximum absolute atomic E-state index is 10.8. The van der Waals surface area contributed by atoms with Crippen molar-refractivity contribution in [3.63, 3.8) is 0 Å². The van der Waals surface area contributed by atoms with Crippen molar-refractivity contribution in [2.75, 3.05) is 19.8 Å². The molecule has 3 unspecified atom stereocenters. The Kier molecular flexibility index (Phi) is 5.25. The van der Waals surface area contributed by atoms with Crippen LogP contribution in [0.3, 0.4) is 0 Å². The lowest BCUT2D eigenvalue weighted by molar-refractivity contribution is -0.138. The number of rotatable bonds is 8. The second-order valence-corrected chi connectivity index (χ2v) is 6.82. The first-order valence-corrected chi connectivity index (χ1v) is 7.92. The number of hydrogen-bond donors (Lipinski definition) is 0. The van der Waals surface area contributed by atoms with Gasteiger partial charge in [-0.2, -0.15) is 0 Å². The molecule has 3 aliphatic carbocycles. The lowest BCUT2D eigenvalue weighted by Crippen LogP contribution is -2.52. The second-order valence-electron chi connectivity index (χ2n) is 6.82. The van der Waals surface area contributed by atoms with E-state index < -0.39 is 0 Å². The third kappa shape index (κ3) is 3.43. The van der Waals surface area contributed by atoms with Gasteiger partial charge in [0.15, 0.2) is 0 Å². The van der Waals surface area contributed by atoms with E-state index in [1.165, 1.54) is 31.8 Å². The van der Waals surface area contributed by atoms with Crippen LogP contribution in [-0.4, -0.2) is 25.8 Å². The van der Waals surface area contributed by atoms with E-state index in [4.69, 9.17) is 9.47 Å². The number of carbonyl (C=O) groups excluding carboxylic acids is 1. The van der Waals surface area contributed by atoms with Crippen molar-refractivity contribution in [2.45, 2.75) is 46.0 Å². The molecule has 0 aliphatic heterocycles. The number of carbonyl (C=O) groups is 1. The molecule has 0 amide bonds. The number of fused-ring (bicyclic) bond motifs is 2. The molecule has 0 spiro atoms. The zero-order valence-electron chi connectivity index (χ0n) is 12.9. The van der Waals surface area contributed by atoms with Gasteiger partial charge in [-0.1, -0.05) is 20.4 Å². The Morgan fingerprint density at radius 2 is 2.10 bits per heavy atom. The average Bonchev–Trinajstić information content (AvgIpc) is 2.45. The minimum atomic E-state index is -0.353. The summed E-state index contributed by atoms with van der Waals surface area (Å²) in [7, 11) is 0. The first kappa shape index (κ1) is 15.6. The van der Waals surface area contributed by atoms with E-state index >= 15 is 0 Å². The highest BCUT2D eigenvalue weighted by atomic mass is 16.5. The second kappa shape index (κ2) is 6.75. The van der Waals surface area contributed by atoms with E-state index in [-0.39, 0.29) is 5.97 Å². The van der Waals surface area contributed by atoms with E-state index in [2.05, 4.69) is 20.4 Å². The molecule has 2 bridgehead atoms. The standard InChI is InChI=1S/C17H28O3/c1-4-16(18)20-10-5-9-19-11-8-13-6-7-14-12-15(13)17(14,2)3/h4,13-15H,1,5-12H2,2-3H3. The molecule has 114 valence electrons. The summed E-state index contributed by atoms with van der Waals surface area (Å²) in [5.41, 5.74) is 0.571. The Bertz CT molecular complexity index is 346. The van der Waals surface area contributed by atoms with E-state index in [1.807, 2.05) is 0 Å². The predicted molar refractivity (Wildman–Crippen MR) is 79.3 cm³/mol. The van der Waals surface area contributed by atoms with Crippen molar-refractivity contribution in [1.82, 2.24) is 0 Å². The van der Waals surface area contributed by atoms with Crippen LogP contribution in [0.15, 0.2) is 12.7 Å². The van der Waals surface area contributed by atoms with Crippen LogP contribution in [0.2, 0.25) is 0 Å². The summed E-state index contributed by atoms with van der Waals surface area (Å²) in [5, 5.41) is 0. The Morgan fingerprint density at radius 1 is 1.30 bits per heavy atom. The molecule has 3 atom stereocenters. The van der Waals surface area contributed by atoms with Gasteiger partial charge in [0.25, 0.3) is 0 Å². The van der Waals surface area contributed by atoms with Gasteiger partial charge in [-0.25, -0.2) is 4.79 Å². The van der Waals surface area contributed by atoms with Gasteiger partial charge in [0.1, 0.15) is 0 Å². The van der Waals surface area contributed by atoms with Crippen LogP contribution in [-0.2, 0) is 14.3 Å². The summed E-state index contributed by atoms with van der Waals surface area (Å²) in [6.45, 7) is 10.2. The van der Waals surface area contributed by atoms with Crippen molar-refractivity contribution in [1.29, 1.82) is 0 Å². The highest BCUT2D eigenvalue weighted by molar-refractivity contribution is 5.81. The maximum atomic E-state index is 10.8. The fourth-order valence-electron chi connectivity index (χ4n) is 4.04. The fraction of sp³-hybridized carbons (Fsp3) is 0.824. The minimum absolute atomic E-state index is 0.353. The van der Waals surface area contributed by atoms with Crippen LogP contribution in [0.4, 0.5) is 0 Å². The van der Waals surface area contributed by atoms with Gasteiger partial charge >= 0.3 is 5.97 Å². The smallest absolute Gasteiger partial charge is 0.330 e. The van der Waals surface area contributed by atoms with E-state index in [1.54, 1.807) is 0 Å². The molecule has 3 aliphatic rings. The number of hydrogen-bond acceptors (Lipinski definition) is 3. The van der Waals surface area contributed by atoms with E-state index in [0.29, 0.717) is 18.6 Å². The summed E-state index contributed by atoms with van der Waals surface area (Å²) in [6, 6.07) is 0. The molecule has 0 heterocycles. The Hall–Kier alpha value is -0.830. The predicted octanol–water partition coefficient (Wildman–Crippen LogP) is 3.58. The maximum Gasteiger partial charge on any atom is 0.330 e. The van der Waals surface area contributed by atoms with Crippen molar-refractivity contribution < 1.29 is 14.3 Å². The Balaban J connectivity index is 1.51. The summed E-state index contributed by atoms with van der Waals surface area (Å²) in [4.78, 5) is 10.8. The highest BCUT2D eigenvalue weighted by Gasteiger charge is 2.53. The largest absolute Gasteiger partial charge is 0.462 e. The molecular formula is C17H28O3. The van der Waals surface area contributed by atoms with Crippen LogP contribution in [0.1, 0.15) is 46.0 Å². The van der Waals surface area contributed by atoms with Crippen molar-refractivity contribution in [2.24, 2.45) is 23.2 Å². The molecule has 0 saturated heterocycles. The highest BCUT2D eigenvalue weighted by Crippen LogP contribution is 2.61. The first-order chi connectivity index (χ1) is 9.55. The third-order valence-corrected chi connectivity index (χ3v) is 5.48. The quantitative estimate of drug-likeness (QED) is 0.387. The van der Waals surface area contributed by atoms with Crippen molar-refractivity contribution in [3.05, 3.63) is 12.7 Å². The molecule has 3 saturated carbocycles. The van der Waals surface area contributed by atoms with Crippen LogP contribution >= 0.6 is 0 Å². The van der Waals surface area contributed by atoms with Crippen LogP contribution in [0, 0.1) is 23.2 Å². The molecule has 20 heavy (non-hydrogen) atoms. The monoisotopic (exact) mass is 280 g/mol. The van der Waals surface area contributed by atoms with Gasteiger partial charge in [-0.15, -0.1) is 0 Å². The molecule has 3 nitrogen and oxygen atoms in total. The molecule has 3 fully saturated rings. The van der Waals surface area contributed by atoms with Crippen molar-refractivity contribution in [3.8, 4) is 0 Å². The molecule has 0 radical (unpaired) electrons. The van der Waals surface area contributed by atoms with Gasteiger partial charge in [-0.3, -0.25) is 0 Å². The topological polar surface area (TPSA) is 35.5 Å². The molecular weight excluding hydrogens is 252 g/mol. The first-order valence-electron chi connectivity index (χ1n) is 7.92. The van der Waals surface area contributed by atoms with Gasteiger partial charge in [-0.05, 0) is 48.9 Å². The Morgan fingerprint density at radius 3 is 2.75 bits per heavy atom. The van der Waals surface area contributed by atoms with Crippen LogP contribution in [0.5, 0.6) is 0 Å².